The van der Waals surface area contributed by atoms with Gasteiger partial charge in [-0.1, -0.05) is 0 Å². The van der Waals surface area contributed by atoms with Crippen LogP contribution in [0.25, 0.3) is 0 Å². The van der Waals surface area contributed by atoms with Crippen molar-refractivity contribution in [2.24, 2.45) is 0 Å². The summed E-state index contributed by atoms with van der Waals surface area (Å²) in [4.78, 5) is 24.8. The van der Waals surface area contributed by atoms with Crippen LogP contribution in [-0.4, -0.2) is 45.7 Å². The first-order chi connectivity index (χ1) is 8.82. The molecule has 2 N–H and O–H groups in total. The van der Waals surface area contributed by atoms with E-state index < -0.39 is 24.0 Å². The van der Waals surface area contributed by atoms with E-state index in [1.807, 2.05) is 0 Å². The lowest BCUT2D eigenvalue weighted by Gasteiger charge is -2.21. The summed E-state index contributed by atoms with van der Waals surface area (Å²) in [5.41, 5.74) is 1.12. The number of amides is 1. The molecule has 19 heavy (non-hydrogen) atoms. The predicted octanol–water partition coefficient (Wildman–Crippen LogP) is 0.865. The Morgan fingerprint density at radius 3 is 2.37 bits per heavy atom. The molecule has 0 spiro atoms. The summed E-state index contributed by atoms with van der Waals surface area (Å²) in [6.45, 7) is 5.24. The maximum absolute atomic E-state index is 12.5. The average Bonchev–Trinajstić information content (AvgIpc) is 2.81. The van der Waals surface area contributed by atoms with Gasteiger partial charge in [0.05, 0.1) is 11.7 Å². The van der Waals surface area contributed by atoms with Crippen molar-refractivity contribution >= 4 is 11.9 Å². The number of aliphatic hydroxyl groups is 1. The molecule has 104 valence electrons. The van der Waals surface area contributed by atoms with E-state index in [9.17, 15) is 14.7 Å². The number of carbonyl (C=O) groups excluding carboxylic acids is 1. The normalized spacial score (nSPS) is 22.8. The fourth-order valence-electron chi connectivity index (χ4n) is 2.52. The smallest absolute Gasteiger partial charge is 0.326 e. The molecule has 1 aliphatic rings. The maximum Gasteiger partial charge on any atom is 0.326 e. The van der Waals surface area contributed by atoms with Crippen LogP contribution in [0.3, 0.4) is 0 Å². The van der Waals surface area contributed by atoms with Gasteiger partial charge in [-0.05, 0) is 20.8 Å². The van der Waals surface area contributed by atoms with Gasteiger partial charge in [-0.15, -0.1) is 0 Å². The fourth-order valence-corrected chi connectivity index (χ4v) is 2.52. The van der Waals surface area contributed by atoms with Gasteiger partial charge in [0.1, 0.15) is 17.6 Å². The highest BCUT2D eigenvalue weighted by molar-refractivity contribution is 5.99. The molecule has 1 amide bonds. The summed E-state index contributed by atoms with van der Waals surface area (Å²) < 4.78 is 5.39. The predicted molar refractivity (Wildman–Crippen MR) is 66.0 cm³/mol. The summed E-state index contributed by atoms with van der Waals surface area (Å²) in [5, 5.41) is 18.7. The van der Waals surface area contributed by atoms with Gasteiger partial charge in [0.15, 0.2) is 0 Å². The summed E-state index contributed by atoms with van der Waals surface area (Å²) in [5.74, 6) is -0.366. The number of hydrogen-bond acceptors (Lipinski definition) is 4. The maximum atomic E-state index is 12.5. The zero-order chi connectivity index (χ0) is 14.3. The molecule has 2 heterocycles. The lowest BCUT2D eigenvalue weighted by atomic mass is 10.1. The lowest BCUT2D eigenvalue weighted by Crippen LogP contribution is -2.40. The summed E-state index contributed by atoms with van der Waals surface area (Å²) >= 11 is 0. The van der Waals surface area contributed by atoms with E-state index in [1.165, 1.54) is 4.90 Å². The van der Waals surface area contributed by atoms with Gasteiger partial charge in [0.25, 0.3) is 5.91 Å². The van der Waals surface area contributed by atoms with E-state index in [-0.39, 0.29) is 13.0 Å². The van der Waals surface area contributed by atoms with Crippen LogP contribution in [0.2, 0.25) is 0 Å². The average molecular weight is 267 g/mol. The third-order valence-electron chi connectivity index (χ3n) is 3.60. The van der Waals surface area contributed by atoms with Crippen LogP contribution < -0.4 is 0 Å². The molecule has 0 saturated carbocycles. The first-order valence-corrected chi connectivity index (χ1v) is 6.11. The molecule has 1 aromatic rings. The number of likely N-dealkylation sites (tertiary alicyclic amines) is 1. The summed E-state index contributed by atoms with van der Waals surface area (Å²) in [7, 11) is 0. The first-order valence-electron chi connectivity index (χ1n) is 6.11. The molecule has 0 bridgehead atoms. The van der Waals surface area contributed by atoms with Crippen LogP contribution in [0.4, 0.5) is 0 Å². The largest absolute Gasteiger partial charge is 0.480 e. The number of β-amino-alcohol motifs (C(OH)–C–C–N with tert-alkyl or cyclic N) is 1. The van der Waals surface area contributed by atoms with E-state index in [4.69, 9.17) is 9.52 Å². The highest BCUT2D eigenvalue weighted by Crippen LogP contribution is 2.26. The van der Waals surface area contributed by atoms with Crippen molar-refractivity contribution in [1.29, 1.82) is 0 Å². The molecule has 2 atom stereocenters. The van der Waals surface area contributed by atoms with Crippen LogP contribution in [-0.2, 0) is 4.79 Å². The number of carboxylic acid groups (broad SMARTS) is 1. The molecule has 1 saturated heterocycles. The van der Waals surface area contributed by atoms with Crippen molar-refractivity contribution in [1.82, 2.24) is 4.90 Å². The number of rotatable bonds is 2. The molecule has 0 aliphatic carbocycles. The molecule has 0 aromatic carbocycles. The SMILES string of the molecule is Cc1oc(C)c(C(=O)N2C[C@H](O)C[C@@H]2C(=O)O)c1C. The Morgan fingerprint density at radius 2 is 1.89 bits per heavy atom. The lowest BCUT2D eigenvalue weighted by molar-refractivity contribution is -0.141. The van der Waals surface area contributed by atoms with Crippen molar-refractivity contribution in [3.05, 3.63) is 22.6 Å². The number of nitrogens with zero attached hydrogens (tertiary/aromatic N) is 1. The van der Waals surface area contributed by atoms with Crippen molar-refractivity contribution in [2.75, 3.05) is 6.54 Å². The number of aliphatic hydroxyl groups excluding tert-OH is 1. The standard InChI is InChI=1S/C13H17NO5/c1-6-7(2)19-8(3)11(6)12(16)14-5-9(15)4-10(14)13(17)18/h9-10,15H,4-5H2,1-3H3,(H,17,18)/t9-,10-/m1/s1. The Balaban J connectivity index is 2.36. The van der Waals surface area contributed by atoms with Crippen LogP contribution in [0.1, 0.15) is 33.9 Å². The van der Waals surface area contributed by atoms with Crippen molar-refractivity contribution in [2.45, 2.75) is 39.3 Å². The van der Waals surface area contributed by atoms with E-state index >= 15 is 0 Å². The van der Waals surface area contributed by atoms with Gasteiger partial charge < -0.3 is 19.5 Å². The number of furan rings is 1. The number of aryl methyl sites for hydroxylation is 2. The second kappa shape index (κ2) is 4.70. The molecule has 6 heteroatoms. The molecule has 1 aromatic heterocycles. The van der Waals surface area contributed by atoms with Gasteiger partial charge in [-0.2, -0.15) is 0 Å². The van der Waals surface area contributed by atoms with Crippen molar-refractivity contribution < 1.29 is 24.2 Å². The molecular weight excluding hydrogens is 250 g/mol. The molecule has 1 fully saturated rings. The minimum atomic E-state index is -1.10. The third-order valence-corrected chi connectivity index (χ3v) is 3.60. The Labute approximate surface area is 110 Å². The Morgan fingerprint density at radius 1 is 1.26 bits per heavy atom. The number of hydrogen-bond donors (Lipinski definition) is 2. The minimum Gasteiger partial charge on any atom is -0.480 e. The zero-order valence-electron chi connectivity index (χ0n) is 11.1. The number of carbonyl (C=O) groups is 2. The van der Waals surface area contributed by atoms with Gasteiger partial charge in [0, 0.05) is 18.5 Å². The number of aliphatic carboxylic acids is 1. The summed E-state index contributed by atoms with van der Waals surface area (Å²) in [6, 6.07) is -0.975. The van der Waals surface area contributed by atoms with Crippen LogP contribution in [0.15, 0.2) is 4.42 Å². The van der Waals surface area contributed by atoms with Gasteiger partial charge in [-0.3, -0.25) is 4.79 Å². The highest BCUT2D eigenvalue weighted by atomic mass is 16.4. The van der Waals surface area contributed by atoms with Crippen molar-refractivity contribution in [3.8, 4) is 0 Å². The van der Waals surface area contributed by atoms with Gasteiger partial charge in [0.2, 0.25) is 0 Å². The zero-order valence-corrected chi connectivity index (χ0v) is 11.1. The minimum absolute atomic E-state index is 0.0406. The molecule has 2 rings (SSSR count). The molecule has 1 aliphatic heterocycles. The summed E-state index contributed by atoms with van der Waals surface area (Å²) in [6.07, 6.45) is -0.727. The Hall–Kier alpha value is -1.82. The Bertz CT molecular complexity index is 533. The molecule has 0 radical (unpaired) electrons. The van der Waals surface area contributed by atoms with E-state index in [0.29, 0.717) is 22.6 Å². The van der Waals surface area contributed by atoms with Gasteiger partial charge in [-0.25, -0.2) is 4.79 Å². The second-order valence-electron chi connectivity index (χ2n) is 4.92. The molecular formula is C13H17NO5. The van der Waals surface area contributed by atoms with E-state index in [2.05, 4.69) is 0 Å². The van der Waals surface area contributed by atoms with Crippen molar-refractivity contribution in [3.63, 3.8) is 0 Å². The fraction of sp³-hybridized carbons (Fsp3) is 0.538. The number of carboxylic acids is 1. The topological polar surface area (TPSA) is 91.0 Å². The van der Waals surface area contributed by atoms with E-state index in [1.54, 1.807) is 20.8 Å². The van der Waals surface area contributed by atoms with Crippen LogP contribution in [0.5, 0.6) is 0 Å². The Kier molecular flexibility index (Phi) is 3.36. The van der Waals surface area contributed by atoms with Crippen LogP contribution >= 0.6 is 0 Å². The molecule has 6 nitrogen and oxygen atoms in total. The molecule has 0 unspecified atom stereocenters. The van der Waals surface area contributed by atoms with Crippen LogP contribution in [0, 0.1) is 20.8 Å². The second-order valence-corrected chi connectivity index (χ2v) is 4.92. The van der Waals surface area contributed by atoms with E-state index in [0.717, 1.165) is 0 Å². The monoisotopic (exact) mass is 267 g/mol. The third kappa shape index (κ3) is 2.23. The first kappa shape index (κ1) is 13.6. The van der Waals surface area contributed by atoms with Gasteiger partial charge >= 0.3 is 5.97 Å². The quantitative estimate of drug-likeness (QED) is 0.829. The highest BCUT2D eigenvalue weighted by Gasteiger charge is 2.40.